The summed E-state index contributed by atoms with van der Waals surface area (Å²) in [5.41, 5.74) is -0.499. The van der Waals surface area contributed by atoms with E-state index in [0.717, 1.165) is 50.4 Å². The van der Waals surface area contributed by atoms with E-state index in [9.17, 15) is 5.11 Å². The molecule has 102 valence electrons. The number of aromatic nitrogens is 3. The maximum Gasteiger partial charge on any atom is 0.146 e. The van der Waals surface area contributed by atoms with Gasteiger partial charge in [-0.1, -0.05) is 19.3 Å². The van der Waals surface area contributed by atoms with Crippen molar-refractivity contribution >= 4 is 0 Å². The average molecular weight is 252 g/mol. The van der Waals surface area contributed by atoms with Gasteiger partial charge in [0, 0.05) is 13.6 Å². The lowest BCUT2D eigenvalue weighted by Gasteiger charge is -2.35. The molecular weight excluding hydrogens is 228 g/mol. The molecule has 2 rings (SSSR count). The maximum absolute atomic E-state index is 10.5. The van der Waals surface area contributed by atoms with Crippen molar-refractivity contribution in [3.05, 3.63) is 11.6 Å². The largest absolute Gasteiger partial charge is 0.389 e. The predicted molar refractivity (Wildman–Crippen MR) is 70.1 cm³/mol. The normalized spacial score (nSPS) is 19.4. The first kappa shape index (κ1) is 13.5. The zero-order valence-corrected chi connectivity index (χ0v) is 11.7. The fraction of sp³-hybridized carbons (Fsp3) is 0.846. The van der Waals surface area contributed by atoms with Crippen LogP contribution in [0.4, 0.5) is 0 Å². The molecule has 5 nitrogen and oxygen atoms in total. The molecular formula is C13H24N4O. The second-order valence-corrected chi connectivity index (χ2v) is 5.68. The van der Waals surface area contributed by atoms with E-state index in [1.165, 1.54) is 6.42 Å². The van der Waals surface area contributed by atoms with Crippen LogP contribution < -0.4 is 0 Å². The Hall–Kier alpha value is -0.940. The molecule has 0 aromatic carbocycles. The van der Waals surface area contributed by atoms with Crippen molar-refractivity contribution in [1.29, 1.82) is 0 Å². The molecule has 0 unspecified atom stereocenters. The molecule has 0 atom stereocenters. The molecule has 1 N–H and O–H groups in total. The maximum atomic E-state index is 10.5. The van der Waals surface area contributed by atoms with Crippen LogP contribution in [0, 0.1) is 6.92 Å². The molecule has 1 aliphatic carbocycles. The van der Waals surface area contributed by atoms with E-state index in [2.05, 4.69) is 15.1 Å². The summed E-state index contributed by atoms with van der Waals surface area (Å²) in [6, 6.07) is 0. The van der Waals surface area contributed by atoms with Crippen LogP contribution in [-0.2, 0) is 13.6 Å². The highest BCUT2D eigenvalue weighted by molar-refractivity contribution is 4.93. The molecule has 1 saturated carbocycles. The first-order valence-electron chi connectivity index (χ1n) is 6.76. The van der Waals surface area contributed by atoms with Crippen LogP contribution in [0.15, 0.2) is 0 Å². The van der Waals surface area contributed by atoms with Crippen LogP contribution in [0.1, 0.15) is 43.8 Å². The van der Waals surface area contributed by atoms with Gasteiger partial charge in [-0.05, 0) is 26.8 Å². The van der Waals surface area contributed by atoms with Gasteiger partial charge in [-0.2, -0.15) is 0 Å². The number of hydrogen-bond donors (Lipinski definition) is 1. The van der Waals surface area contributed by atoms with Gasteiger partial charge in [0.15, 0.2) is 0 Å². The molecule has 0 bridgehead atoms. The zero-order chi connectivity index (χ0) is 13.2. The summed E-state index contributed by atoms with van der Waals surface area (Å²) in [6.45, 7) is 3.41. The monoisotopic (exact) mass is 252 g/mol. The minimum atomic E-state index is -0.499. The SMILES string of the molecule is Cc1nnc(CN(C)CC2(O)CCCCC2)n1C. The summed E-state index contributed by atoms with van der Waals surface area (Å²) in [7, 11) is 4.02. The smallest absolute Gasteiger partial charge is 0.146 e. The van der Waals surface area contributed by atoms with Crippen molar-refractivity contribution in [3.8, 4) is 0 Å². The van der Waals surface area contributed by atoms with Gasteiger partial charge in [0.2, 0.25) is 0 Å². The lowest BCUT2D eigenvalue weighted by atomic mass is 9.84. The summed E-state index contributed by atoms with van der Waals surface area (Å²) < 4.78 is 2.00. The van der Waals surface area contributed by atoms with E-state index in [-0.39, 0.29) is 0 Å². The third-order valence-electron chi connectivity index (χ3n) is 3.94. The number of aryl methyl sites for hydroxylation is 1. The van der Waals surface area contributed by atoms with Gasteiger partial charge in [0.05, 0.1) is 12.1 Å². The number of nitrogens with zero attached hydrogens (tertiary/aromatic N) is 4. The Labute approximate surface area is 109 Å². The van der Waals surface area contributed by atoms with Crippen LogP contribution in [-0.4, -0.2) is 44.0 Å². The van der Waals surface area contributed by atoms with E-state index >= 15 is 0 Å². The van der Waals surface area contributed by atoms with E-state index in [1.54, 1.807) is 0 Å². The molecule has 0 amide bonds. The minimum Gasteiger partial charge on any atom is -0.389 e. The van der Waals surface area contributed by atoms with E-state index in [4.69, 9.17) is 0 Å². The van der Waals surface area contributed by atoms with Gasteiger partial charge in [0.25, 0.3) is 0 Å². The Morgan fingerprint density at radius 2 is 1.94 bits per heavy atom. The van der Waals surface area contributed by atoms with Crippen LogP contribution in [0.2, 0.25) is 0 Å². The van der Waals surface area contributed by atoms with Crippen molar-refractivity contribution in [2.75, 3.05) is 13.6 Å². The molecule has 1 heterocycles. The van der Waals surface area contributed by atoms with Gasteiger partial charge in [-0.15, -0.1) is 10.2 Å². The Morgan fingerprint density at radius 3 is 2.50 bits per heavy atom. The number of rotatable bonds is 4. The lowest BCUT2D eigenvalue weighted by Crippen LogP contribution is -2.43. The Balaban J connectivity index is 1.92. The van der Waals surface area contributed by atoms with Gasteiger partial charge in [-0.3, -0.25) is 4.90 Å². The minimum absolute atomic E-state index is 0.499. The zero-order valence-electron chi connectivity index (χ0n) is 11.7. The van der Waals surface area contributed by atoms with Crippen molar-refractivity contribution < 1.29 is 5.11 Å². The summed E-state index contributed by atoms with van der Waals surface area (Å²) in [6.07, 6.45) is 5.40. The second kappa shape index (κ2) is 5.36. The first-order chi connectivity index (χ1) is 8.50. The van der Waals surface area contributed by atoms with Crippen LogP contribution in [0.5, 0.6) is 0 Å². The second-order valence-electron chi connectivity index (χ2n) is 5.68. The van der Waals surface area contributed by atoms with Gasteiger partial charge < -0.3 is 9.67 Å². The summed E-state index contributed by atoms with van der Waals surface area (Å²) in [4.78, 5) is 2.15. The average Bonchev–Trinajstić information content (AvgIpc) is 2.61. The van der Waals surface area contributed by atoms with Gasteiger partial charge >= 0.3 is 0 Å². The summed E-state index contributed by atoms with van der Waals surface area (Å²) >= 11 is 0. The molecule has 0 radical (unpaired) electrons. The number of aliphatic hydroxyl groups is 1. The molecule has 1 aromatic rings. The molecule has 1 fully saturated rings. The Kier molecular flexibility index (Phi) is 4.02. The van der Waals surface area contributed by atoms with Crippen molar-refractivity contribution in [3.63, 3.8) is 0 Å². The molecule has 18 heavy (non-hydrogen) atoms. The molecule has 0 aliphatic heterocycles. The molecule has 0 saturated heterocycles. The van der Waals surface area contributed by atoms with E-state index < -0.39 is 5.60 Å². The van der Waals surface area contributed by atoms with Crippen LogP contribution in [0.3, 0.4) is 0 Å². The van der Waals surface area contributed by atoms with Crippen molar-refractivity contribution in [2.24, 2.45) is 7.05 Å². The molecule has 1 aliphatic rings. The predicted octanol–water partition coefficient (Wildman–Crippen LogP) is 1.25. The fourth-order valence-electron chi connectivity index (χ4n) is 2.76. The van der Waals surface area contributed by atoms with Crippen LogP contribution in [0.25, 0.3) is 0 Å². The van der Waals surface area contributed by atoms with Crippen LogP contribution >= 0.6 is 0 Å². The topological polar surface area (TPSA) is 54.2 Å². The standard InChI is InChI=1S/C13H24N4O/c1-11-14-15-12(17(11)3)9-16(2)10-13(18)7-5-4-6-8-13/h18H,4-10H2,1-3H3. The molecule has 5 heteroatoms. The third kappa shape index (κ3) is 3.09. The number of hydrogen-bond acceptors (Lipinski definition) is 4. The first-order valence-corrected chi connectivity index (χ1v) is 6.76. The van der Waals surface area contributed by atoms with Gasteiger partial charge in [-0.25, -0.2) is 0 Å². The van der Waals surface area contributed by atoms with Gasteiger partial charge in [0.1, 0.15) is 11.6 Å². The Bertz CT molecular complexity index is 396. The highest BCUT2D eigenvalue weighted by Crippen LogP contribution is 2.28. The fourth-order valence-corrected chi connectivity index (χ4v) is 2.76. The number of likely N-dealkylation sites (N-methyl/N-ethyl adjacent to an activating group) is 1. The summed E-state index contributed by atoms with van der Waals surface area (Å²) in [5.74, 6) is 1.88. The molecule has 0 spiro atoms. The third-order valence-corrected chi connectivity index (χ3v) is 3.94. The highest BCUT2D eigenvalue weighted by Gasteiger charge is 2.30. The van der Waals surface area contributed by atoms with E-state index in [1.807, 2.05) is 25.6 Å². The van der Waals surface area contributed by atoms with E-state index in [0.29, 0.717) is 0 Å². The Morgan fingerprint density at radius 1 is 1.28 bits per heavy atom. The summed E-state index contributed by atoms with van der Waals surface area (Å²) in [5, 5.41) is 18.7. The van der Waals surface area contributed by atoms with Crippen molar-refractivity contribution in [1.82, 2.24) is 19.7 Å². The highest BCUT2D eigenvalue weighted by atomic mass is 16.3. The quantitative estimate of drug-likeness (QED) is 0.876. The molecule has 1 aromatic heterocycles. The van der Waals surface area contributed by atoms with Crippen molar-refractivity contribution in [2.45, 2.75) is 51.2 Å². The lowest BCUT2D eigenvalue weighted by molar-refractivity contribution is -0.0229.